The van der Waals surface area contributed by atoms with Crippen molar-refractivity contribution < 1.29 is 19.3 Å². The van der Waals surface area contributed by atoms with Crippen LogP contribution in [0.3, 0.4) is 0 Å². The zero-order valence-corrected chi connectivity index (χ0v) is 17.3. The van der Waals surface area contributed by atoms with Crippen LogP contribution in [0.5, 0.6) is 5.75 Å². The number of benzene rings is 1. The second kappa shape index (κ2) is 7.00. The Hall–Kier alpha value is -2.57. The Balaban J connectivity index is 1.69. The number of hydrogen-bond acceptors (Lipinski definition) is 9. The van der Waals surface area contributed by atoms with Gasteiger partial charge >= 0.3 is 0 Å². The van der Waals surface area contributed by atoms with Crippen LogP contribution in [-0.4, -0.2) is 36.4 Å². The van der Waals surface area contributed by atoms with Gasteiger partial charge in [-0.3, -0.25) is 13.9 Å². The molecule has 1 aliphatic heterocycles. The molecule has 0 bridgehead atoms. The van der Waals surface area contributed by atoms with Crippen LogP contribution in [0.2, 0.25) is 0 Å². The summed E-state index contributed by atoms with van der Waals surface area (Å²) in [7, 11) is -3.66. The van der Waals surface area contributed by atoms with Gasteiger partial charge in [0.1, 0.15) is 21.2 Å². The molecule has 1 saturated carbocycles. The van der Waals surface area contributed by atoms with E-state index in [2.05, 4.69) is 15.1 Å². The molecule has 0 unspecified atom stereocenters. The van der Waals surface area contributed by atoms with E-state index in [0.717, 1.165) is 24.2 Å². The summed E-state index contributed by atoms with van der Waals surface area (Å²) < 4.78 is 26.6. The molecule has 1 aromatic carbocycles. The minimum atomic E-state index is -3.66. The standard InChI is InChI=1S/C19H20N4O5S2/c24-8-11-9-29-18-16(11)30(27,28)22-17(21-18)14-15(25)12-3-1-2-4-13(12)23(19(14)26)20-7-10-5-6-10/h1-4,9-10,20,24-25,27-28H,5-8H2,(H,21,22). The van der Waals surface area contributed by atoms with E-state index < -0.39 is 16.3 Å². The Bertz CT molecular complexity index is 1250. The van der Waals surface area contributed by atoms with E-state index in [1.165, 1.54) is 4.68 Å². The Labute approximate surface area is 176 Å². The van der Waals surface area contributed by atoms with Crippen LogP contribution >= 0.6 is 22.1 Å². The fraction of sp³-hybridized carbons (Fsp3) is 0.263. The smallest absolute Gasteiger partial charge is 0.284 e. The lowest BCUT2D eigenvalue weighted by Gasteiger charge is -2.33. The van der Waals surface area contributed by atoms with Crippen molar-refractivity contribution in [3.63, 3.8) is 0 Å². The van der Waals surface area contributed by atoms with Gasteiger partial charge in [-0.05, 0) is 30.9 Å². The summed E-state index contributed by atoms with van der Waals surface area (Å²) in [6, 6.07) is 6.94. The molecule has 2 aliphatic rings. The third-order valence-electron chi connectivity index (χ3n) is 5.24. The normalized spacial score (nSPS) is 18.4. The summed E-state index contributed by atoms with van der Waals surface area (Å²) in [5.74, 6) is 0.101. The van der Waals surface area contributed by atoms with Crippen LogP contribution in [0.15, 0.2) is 43.7 Å². The van der Waals surface area contributed by atoms with Gasteiger partial charge in [-0.1, -0.05) is 22.9 Å². The number of thiophene rings is 1. The SMILES string of the molecule is O=c1c(C2=NS(O)(O)c3c(CO)csc3N2)c(O)c2ccccc2n1NCC1CC1. The van der Waals surface area contributed by atoms with Gasteiger partial charge in [0.25, 0.3) is 5.56 Å². The van der Waals surface area contributed by atoms with Crippen LogP contribution in [0.25, 0.3) is 10.9 Å². The van der Waals surface area contributed by atoms with Gasteiger partial charge in [-0.2, -0.15) is 0 Å². The van der Waals surface area contributed by atoms with Crippen molar-refractivity contribution in [2.45, 2.75) is 24.3 Å². The van der Waals surface area contributed by atoms with Gasteiger partial charge in [-0.15, -0.1) is 15.7 Å². The maximum absolute atomic E-state index is 13.3. The van der Waals surface area contributed by atoms with Gasteiger partial charge in [0, 0.05) is 22.9 Å². The van der Waals surface area contributed by atoms with Crippen molar-refractivity contribution in [1.82, 2.24) is 4.68 Å². The highest BCUT2D eigenvalue weighted by Crippen LogP contribution is 2.59. The van der Waals surface area contributed by atoms with E-state index in [0.29, 0.717) is 33.9 Å². The van der Waals surface area contributed by atoms with Gasteiger partial charge in [0.05, 0.1) is 12.1 Å². The van der Waals surface area contributed by atoms with E-state index in [1.54, 1.807) is 29.6 Å². The van der Waals surface area contributed by atoms with Gasteiger partial charge in [0.15, 0.2) is 5.84 Å². The molecule has 9 nitrogen and oxygen atoms in total. The molecule has 0 atom stereocenters. The van der Waals surface area contributed by atoms with Crippen LogP contribution < -0.4 is 16.3 Å². The Kier molecular flexibility index (Phi) is 4.52. The number of fused-ring (bicyclic) bond motifs is 2. The van der Waals surface area contributed by atoms with Gasteiger partial charge in [-0.25, -0.2) is 4.68 Å². The summed E-state index contributed by atoms with van der Waals surface area (Å²) in [6.45, 7) is 0.255. The number of aromatic hydroxyl groups is 1. The molecule has 6 N–H and O–H groups in total. The molecule has 5 rings (SSSR count). The van der Waals surface area contributed by atoms with Crippen molar-refractivity contribution in [3.8, 4) is 5.75 Å². The molecule has 3 heterocycles. The van der Waals surface area contributed by atoms with E-state index in [9.17, 15) is 24.1 Å². The first-order valence-electron chi connectivity index (χ1n) is 9.38. The highest BCUT2D eigenvalue weighted by molar-refractivity contribution is 8.23. The number of nitrogens with one attached hydrogen (secondary N) is 2. The molecule has 11 heteroatoms. The molecule has 1 fully saturated rings. The molecular formula is C19H20N4O5S2. The number of nitrogens with zero attached hydrogens (tertiary/aromatic N) is 2. The number of pyridine rings is 1. The Morgan fingerprint density at radius 1 is 1.30 bits per heavy atom. The van der Waals surface area contributed by atoms with Crippen LogP contribution in [0, 0.1) is 5.92 Å². The molecule has 0 radical (unpaired) electrons. The third-order valence-corrected chi connectivity index (χ3v) is 7.76. The fourth-order valence-corrected chi connectivity index (χ4v) is 6.19. The summed E-state index contributed by atoms with van der Waals surface area (Å²) in [5.41, 5.74) is 3.32. The molecule has 158 valence electrons. The molecule has 0 spiro atoms. The van der Waals surface area contributed by atoms with Crippen molar-refractivity contribution in [3.05, 3.63) is 51.1 Å². The number of rotatable bonds is 5. The van der Waals surface area contributed by atoms with E-state index >= 15 is 0 Å². The molecule has 0 saturated heterocycles. The number of para-hydroxylation sites is 1. The summed E-state index contributed by atoms with van der Waals surface area (Å²) in [6.07, 6.45) is 2.21. The number of aliphatic hydroxyl groups is 1. The number of amidine groups is 1. The van der Waals surface area contributed by atoms with Crippen molar-refractivity contribution >= 4 is 43.9 Å². The van der Waals surface area contributed by atoms with Gasteiger partial charge < -0.3 is 21.0 Å². The lowest BCUT2D eigenvalue weighted by molar-refractivity contribution is 0.278. The first-order valence-corrected chi connectivity index (χ1v) is 11.8. The fourth-order valence-electron chi connectivity index (χ4n) is 3.53. The molecular weight excluding hydrogens is 428 g/mol. The maximum atomic E-state index is 13.3. The zero-order valence-electron chi connectivity index (χ0n) is 15.7. The average molecular weight is 449 g/mol. The molecule has 2 aromatic heterocycles. The Morgan fingerprint density at radius 3 is 2.80 bits per heavy atom. The zero-order chi connectivity index (χ0) is 21.0. The lowest BCUT2D eigenvalue weighted by atomic mass is 10.1. The molecule has 1 aliphatic carbocycles. The topological polar surface area (TPSA) is 139 Å². The van der Waals surface area contributed by atoms with Crippen LogP contribution in [-0.2, 0) is 6.61 Å². The van der Waals surface area contributed by atoms with Gasteiger partial charge in [0.2, 0.25) is 0 Å². The second-order valence-electron chi connectivity index (χ2n) is 7.35. The lowest BCUT2D eigenvalue weighted by Crippen LogP contribution is -2.36. The second-order valence-corrected chi connectivity index (χ2v) is 9.86. The number of aromatic nitrogens is 1. The van der Waals surface area contributed by atoms with E-state index in [4.69, 9.17) is 0 Å². The van der Waals surface area contributed by atoms with E-state index in [1.807, 2.05) is 0 Å². The largest absolute Gasteiger partial charge is 0.506 e. The average Bonchev–Trinajstić information content (AvgIpc) is 3.44. The van der Waals surface area contributed by atoms with Crippen molar-refractivity contribution in [2.75, 3.05) is 17.3 Å². The summed E-state index contributed by atoms with van der Waals surface area (Å²) in [4.78, 5) is 13.5. The predicted octanol–water partition coefficient (Wildman–Crippen LogP) is 3.11. The minimum Gasteiger partial charge on any atom is -0.506 e. The maximum Gasteiger partial charge on any atom is 0.284 e. The van der Waals surface area contributed by atoms with Crippen molar-refractivity contribution in [2.24, 2.45) is 10.3 Å². The third kappa shape index (κ3) is 3.06. The number of aliphatic hydroxyl groups excluding tert-OH is 1. The summed E-state index contributed by atoms with van der Waals surface area (Å²) >= 11 is 1.16. The van der Waals surface area contributed by atoms with E-state index in [-0.39, 0.29) is 28.7 Å². The Morgan fingerprint density at radius 2 is 2.07 bits per heavy atom. The monoisotopic (exact) mass is 448 g/mol. The van der Waals surface area contributed by atoms with Crippen LogP contribution in [0.1, 0.15) is 24.0 Å². The molecule has 3 aromatic rings. The molecule has 0 amide bonds. The first kappa shape index (κ1) is 19.4. The summed E-state index contributed by atoms with van der Waals surface area (Å²) in [5, 5.41) is 25.7. The van der Waals surface area contributed by atoms with Crippen molar-refractivity contribution in [1.29, 1.82) is 0 Å². The number of hydrogen-bond donors (Lipinski definition) is 6. The van der Waals surface area contributed by atoms with Crippen LogP contribution in [0.4, 0.5) is 5.00 Å². The first-order chi connectivity index (χ1) is 14.4. The highest BCUT2D eigenvalue weighted by Gasteiger charge is 2.33. The highest BCUT2D eigenvalue weighted by atomic mass is 32.3. The number of anilines is 1. The molecule has 30 heavy (non-hydrogen) atoms. The minimum absolute atomic E-state index is 0.117. The predicted molar refractivity (Wildman–Crippen MR) is 118 cm³/mol. The quantitative estimate of drug-likeness (QED) is 0.352.